The lowest BCUT2D eigenvalue weighted by Crippen LogP contribution is -2.42. The SMILES string of the molecule is CCC(=O)N(c1cccc2c1CCO2)C1CCNC1. The smallest absolute Gasteiger partial charge is 0.227 e. The van der Waals surface area contributed by atoms with Crippen molar-refractivity contribution in [3.05, 3.63) is 23.8 Å². The van der Waals surface area contributed by atoms with Gasteiger partial charge in [-0.15, -0.1) is 0 Å². The Hall–Kier alpha value is -1.55. The highest BCUT2D eigenvalue weighted by Crippen LogP contribution is 2.35. The summed E-state index contributed by atoms with van der Waals surface area (Å²) in [4.78, 5) is 14.4. The molecule has 1 aromatic rings. The summed E-state index contributed by atoms with van der Waals surface area (Å²) in [6, 6.07) is 6.31. The molecule has 19 heavy (non-hydrogen) atoms. The van der Waals surface area contributed by atoms with Crippen molar-refractivity contribution < 1.29 is 9.53 Å². The van der Waals surface area contributed by atoms with Crippen LogP contribution in [-0.2, 0) is 11.2 Å². The van der Waals surface area contributed by atoms with E-state index in [1.54, 1.807) is 0 Å². The fourth-order valence-electron chi connectivity index (χ4n) is 2.99. The van der Waals surface area contributed by atoms with Crippen molar-refractivity contribution in [1.82, 2.24) is 5.32 Å². The number of carbonyl (C=O) groups is 1. The van der Waals surface area contributed by atoms with Crippen molar-refractivity contribution in [2.24, 2.45) is 0 Å². The van der Waals surface area contributed by atoms with E-state index in [0.29, 0.717) is 6.42 Å². The molecule has 1 saturated heterocycles. The molecule has 102 valence electrons. The molecule has 2 aliphatic heterocycles. The van der Waals surface area contributed by atoms with Gasteiger partial charge in [-0.05, 0) is 25.1 Å². The molecule has 1 N–H and O–H groups in total. The van der Waals surface area contributed by atoms with Gasteiger partial charge in [0.05, 0.1) is 18.3 Å². The largest absolute Gasteiger partial charge is 0.493 e. The van der Waals surface area contributed by atoms with Gasteiger partial charge < -0.3 is 15.0 Å². The first-order valence-corrected chi connectivity index (χ1v) is 7.08. The summed E-state index contributed by atoms with van der Waals surface area (Å²) >= 11 is 0. The molecule has 3 rings (SSSR count). The quantitative estimate of drug-likeness (QED) is 0.900. The molecule has 1 unspecified atom stereocenters. The highest BCUT2D eigenvalue weighted by atomic mass is 16.5. The van der Waals surface area contributed by atoms with Crippen molar-refractivity contribution in [3.63, 3.8) is 0 Å². The molecule has 0 spiro atoms. The van der Waals surface area contributed by atoms with E-state index in [2.05, 4.69) is 11.4 Å². The fourth-order valence-corrected chi connectivity index (χ4v) is 2.99. The zero-order chi connectivity index (χ0) is 13.2. The van der Waals surface area contributed by atoms with Crippen LogP contribution in [0.2, 0.25) is 0 Å². The third kappa shape index (κ3) is 2.21. The van der Waals surface area contributed by atoms with Crippen LogP contribution >= 0.6 is 0 Å². The van der Waals surface area contributed by atoms with Gasteiger partial charge in [0.1, 0.15) is 5.75 Å². The third-order valence-corrected chi connectivity index (χ3v) is 3.95. The second-order valence-electron chi connectivity index (χ2n) is 5.12. The maximum Gasteiger partial charge on any atom is 0.227 e. The van der Waals surface area contributed by atoms with Gasteiger partial charge in [0.15, 0.2) is 0 Å². The van der Waals surface area contributed by atoms with Crippen LogP contribution in [0, 0.1) is 0 Å². The number of hydrogen-bond donors (Lipinski definition) is 1. The van der Waals surface area contributed by atoms with E-state index in [-0.39, 0.29) is 11.9 Å². The molecule has 1 atom stereocenters. The summed E-state index contributed by atoms with van der Waals surface area (Å²) in [5, 5.41) is 3.34. The summed E-state index contributed by atoms with van der Waals surface area (Å²) in [5.74, 6) is 1.14. The normalized spacial score (nSPS) is 21.0. The van der Waals surface area contributed by atoms with Crippen LogP contribution in [0.15, 0.2) is 18.2 Å². The van der Waals surface area contributed by atoms with Gasteiger partial charge in [-0.2, -0.15) is 0 Å². The number of fused-ring (bicyclic) bond motifs is 1. The average molecular weight is 260 g/mol. The molecule has 4 nitrogen and oxygen atoms in total. The predicted molar refractivity (Wildman–Crippen MR) is 74.7 cm³/mol. The van der Waals surface area contributed by atoms with Gasteiger partial charge in [0, 0.05) is 24.9 Å². The molecule has 2 heterocycles. The molecule has 4 heteroatoms. The minimum Gasteiger partial charge on any atom is -0.493 e. The Bertz CT molecular complexity index is 481. The molecule has 0 radical (unpaired) electrons. The molecule has 0 aliphatic carbocycles. The Labute approximate surface area is 113 Å². The van der Waals surface area contributed by atoms with Crippen LogP contribution in [0.5, 0.6) is 5.75 Å². The van der Waals surface area contributed by atoms with Crippen molar-refractivity contribution >= 4 is 11.6 Å². The van der Waals surface area contributed by atoms with Crippen molar-refractivity contribution in [3.8, 4) is 5.75 Å². The Morgan fingerprint density at radius 3 is 3.16 bits per heavy atom. The molecule has 0 aromatic heterocycles. The molecule has 1 amide bonds. The minimum atomic E-state index is 0.203. The number of nitrogens with one attached hydrogen (secondary N) is 1. The number of anilines is 1. The Balaban J connectivity index is 1.99. The zero-order valence-corrected chi connectivity index (χ0v) is 11.3. The van der Waals surface area contributed by atoms with E-state index >= 15 is 0 Å². The third-order valence-electron chi connectivity index (χ3n) is 3.95. The summed E-state index contributed by atoms with van der Waals surface area (Å²) in [6.45, 7) is 4.53. The first-order chi connectivity index (χ1) is 9.31. The van der Waals surface area contributed by atoms with Crippen molar-refractivity contribution in [2.45, 2.75) is 32.2 Å². The van der Waals surface area contributed by atoms with Crippen LogP contribution in [-0.4, -0.2) is 31.6 Å². The first-order valence-electron chi connectivity index (χ1n) is 7.08. The van der Waals surface area contributed by atoms with Crippen LogP contribution in [0.25, 0.3) is 0 Å². The summed E-state index contributed by atoms with van der Waals surface area (Å²) < 4.78 is 5.61. The molecule has 1 aromatic carbocycles. The van der Waals surface area contributed by atoms with Gasteiger partial charge in [-0.1, -0.05) is 13.0 Å². The second kappa shape index (κ2) is 5.21. The number of benzene rings is 1. The van der Waals surface area contributed by atoms with E-state index in [1.807, 2.05) is 24.0 Å². The number of nitrogens with zero attached hydrogens (tertiary/aromatic N) is 1. The molecule has 0 saturated carbocycles. The Morgan fingerprint density at radius 2 is 2.42 bits per heavy atom. The monoisotopic (exact) mass is 260 g/mol. The Kier molecular flexibility index (Phi) is 3.42. The van der Waals surface area contributed by atoms with Crippen molar-refractivity contribution in [2.75, 3.05) is 24.6 Å². The number of rotatable bonds is 3. The maximum atomic E-state index is 12.4. The number of ether oxygens (including phenoxy) is 1. The van der Waals surface area contributed by atoms with Crippen LogP contribution in [0.1, 0.15) is 25.3 Å². The minimum absolute atomic E-state index is 0.203. The average Bonchev–Trinajstić information content (AvgIpc) is 3.09. The van der Waals surface area contributed by atoms with E-state index in [0.717, 1.165) is 44.0 Å². The van der Waals surface area contributed by atoms with E-state index in [1.165, 1.54) is 5.56 Å². The predicted octanol–water partition coefficient (Wildman–Crippen LogP) is 1.73. The highest BCUT2D eigenvalue weighted by Gasteiger charge is 2.30. The van der Waals surface area contributed by atoms with Gasteiger partial charge in [0.2, 0.25) is 5.91 Å². The molecule has 2 aliphatic rings. The maximum absolute atomic E-state index is 12.4. The lowest BCUT2D eigenvalue weighted by atomic mass is 10.1. The fraction of sp³-hybridized carbons (Fsp3) is 0.533. The number of carbonyl (C=O) groups excluding carboxylic acids is 1. The summed E-state index contributed by atoms with van der Waals surface area (Å²) in [7, 11) is 0. The van der Waals surface area contributed by atoms with Gasteiger partial charge in [-0.3, -0.25) is 4.79 Å². The van der Waals surface area contributed by atoms with E-state index in [4.69, 9.17) is 4.74 Å². The lowest BCUT2D eigenvalue weighted by Gasteiger charge is -2.30. The highest BCUT2D eigenvalue weighted by molar-refractivity contribution is 5.95. The lowest BCUT2D eigenvalue weighted by molar-refractivity contribution is -0.118. The van der Waals surface area contributed by atoms with Crippen molar-refractivity contribution in [1.29, 1.82) is 0 Å². The molecule has 0 bridgehead atoms. The number of amides is 1. The second-order valence-corrected chi connectivity index (χ2v) is 5.12. The molecule has 1 fully saturated rings. The van der Waals surface area contributed by atoms with Crippen LogP contribution < -0.4 is 15.0 Å². The molecular weight excluding hydrogens is 240 g/mol. The zero-order valence-electron chi connectivity index (χ0n) is 11.3. The standard InChI is InChI=1S/C15H20N2O2/c1-2-15(18)17(11-6-8-16-10-11)13-4-3-5-14-12(13)7-9-19-14/h3-5,11,16H,2,6-10H2,1H3. The number of hydrogen-bond acceptors (Lipinski definition) is 3. The summed E-state index contributed by atoms with van der Waals surface area (Å²) in [5.41, 5.74) is 2.24. The van der Waals surface area contributed by atoms with E-state index < -0.39 is 0 Å². The Morgan fingerprint density at radius 1 is 1.53 bits per heavy atom. The van der Waals surface area contributed by atoms with E-state index in [9.17, 15) is 4.79 Å². The van der Waals surface area contributed by atoms with Crippen LogP contribution in [0.3, 0.4) is 0 Å². The van der Waals surface area contributed by atoms with Gasteiger partial charge in [0.25, 0.3) is 0 Å². The summed E-state index contributed by atoms with van der Waals surface area (Å²) in [6.07, 6.45) is 2.47. The topological polar surface area (TPSA) is 41.6 Å². The van der Waals surface area contributed by atoms with Crippen LogP contribution in [0.4, 0.5) is 5.69 Å². The van der Waals surface area contributed by atoms with Gasteiger partial charge >= 0.3 is 0 Å². The molecular formula is C15H20N2O2. The van der Waals surface area contributed by atoms with Gasteiger partial charge in [-0.25, -0.2) is 0 Å². The first kappa shape index (κ1) is 12.5.